The number of non-ortho nitro benzene ring substituents is 1. The third kappa shape index (κ3) is 4.21. The lowest BCUT2D eigenvalue weighted by molar-refractivity contribution is -0.384. The molecule has 11 nitrogen and oxygen atoms in total. The maximum atomic E-state index is 14.4. The van der Waals surface area contributed by atoms with E-state index in [4.69, 9.17) is 9.47 Å². The smallest absolute Gasteiger partial charge is 0.331 e. The molecule has 0 radical (unpaired) electrons. The van der Waals surface area contributed by atoms with E-state index in [0.717, 1.165) is 4.90 Å². The van der Waals surface area contributed by atoms with Crippen molar-refractivity contribution in [2.75, 3.05) is 26.2 Å². The number of methoxy groups -OCH3 is 2. The number of nitrogens with one attached hydrogen (secondary N) is 1. The zero-order valence-electron chi connectivity index (χ0n) is 21.5. The van der Waals surface area contributed by atoms with Crippen molar-refractivity contribution in [1.29, 1.82) is 0 Å². The second-order valence-electron chi connectivity index (χ2n) is 9.51. The zero-order chi connectivity index (χ0) is 27.9. The minimum absolute atomic E-state index is 0.135. The van der Waals surface area contributed by atoms with Gasteiger partial charge in [-0.15, -0.1) is 0 Å². The number of imide groups is 2. The van der Waals surface area contributed by atoms with Crippen LogP contribution in [0.15, 0.2) is 66.7 Å². The number of nitro groups is 1. The average molecular weight is 531 g/mol. The van der Waals surface area contributed by atoms with Crippen LogP contribution in [0.3, 0.4) is 0 Å². The number of barbiturate groups is 1. The average Bonchev–Trinajstić information content (AvgIpc) is 2.94. The summed E-state index contributed by atoms with van der Waals surface area (Å²) in [5.74, 6) is -0.507. The fourth-order valence-corrected chi connectivity index (χ4v) is 5.57. The van der Waals surface area contributed by atoms with Crippen LogP contribution in [0, 0.1) is 15.5 Å². The molecule has 1 fully saturated rings. The van der Waals surface area contributed by atoms with Gasteiger partial charge in [-0.25, -0.2) is 4.79 Å². The highest BCUT2D eigenvalue weighted by Gasteiger charge is 2.62. The number of ether oxygens (including phenoxy) is 2. The van der Waals surface area contributed by atoms with Crippen LogP contribution >= 0.6 is 0 Å². The number of rotatable bonds is 6. The number of nitrogens with zero attached hydrogens (tertiary/aromatic N) is 3. The van der Waals surface area contributed by atoms with Crippen molar-refractivity contribution in [1.82, 2.24) is 10.2 Å². The molecule has 0 bridgehead atoms. The molecule has 2 atom stereocenters. The minimum Gasteiger partial charge on any atom is -0.497 e. The molecule has 0 aliphatic carbocycles. The van der Waals surface area contributed by atoms with Crippen LogP contribution in [-0.2, 0) is 22.6 Å². The molecule has 2 heterocycles. The van der Waals surface area contributed by atoms with E-state index < -0.39 is 34.2 Å². The summed E-state index contributed by atoms with van der Waals surface area (Å²) in [6.45, 7) is -0.153. The fourth-order valence-electron chi connectivity index (χ4n) is 5.57. The number of carbonyl (C=O) groups excluding carboxylic acids is 3. The van der Waals surface area contributed by atoms with E-state index in [-0.39, 0.29) is 18.7 Å². The van der Waals surface area contributed by atoms with E-state index in [1.54, 1.807) is 48.3 Å². The molecule has 0 aromatic heterocycles. The van der Waals surface area contributed by atoms with Crippen molar-refractivity contribution in [3.05, 3.63) is 93.5 Å². The van der Waals surface area contributed by atoms with Crippen molar-refractivity contribution >= 4 is 29.2 Å². The summed E-state index contributed by atoms with van der Waals surface area (Å²) in [5.41, 5.74) is 0.410. The number of nitro benzene ring substituents is 1. The third-order valence-electron chi connectivity index (χ3n) is 7.34. The maximum absolute atomic E-state index is 14.4. The van der Waals surface area contributed by atoms with Crippen LogP contribution in [0.5, 0.6) is 11.5 Å². The highest BCUT2D eigenvalue weighted by atomic mass is 16.6. The molecule has 3 aromatic carbocycles. The predicted molar refractivity (Wildman–Crippen MR) is 140 cm³/mol. The second kappa shape index (κ2) is 9.75. The van der Waals surface area contributed by atoms with Gasteiger partial charge in [0, 0.05) is 37.4 Å². The van der Waals surface area contributed by atoms with Gasteiger partial charge in [-0.2, -0.15) is 0 Å². The van der Waals surface area contributed by atoms with E-state index in [2.05, 4.69) is 5.32 Å². The molecule has 39 heavy (non-hydrogen) atoms. The molecule has 200 valence electrons. The number of fused-ring (bicyclic) bond motifs is 1. The van der Waals surface area contributed by atoms with Crippen LogP contribution < -0.4 is 19.7 Å². The Morgan fingerprint density at radius 2 is 1.67 bits per heavy atom. The van der Waals surface area contributed by atoms with E-state index in [9.17, 15) is 24.5 Å². The third-order valence-corrected chi connectivity index (χ3v) is 7.34. The number of carbonyl (C=O) groups is 3. The molecule has 5 rings (SSSR count). The van der Waals surface area contributed by atoms with E-state index in [1.807, 2.05) is 18.2 Å². The Labute approximate surface area is 224 Å². The summed E-state index contributed by atoms with van der Waals surface area (Å²) in [4.78, 5) is 55.0. The van der Waals surface area contributed by atoms with Crippen molar-refractivity contribution in [2.45, 2.75) is 19.0 Å². The minimum atomic E-state index is -1.78. The Hall–Kier alpha value is -4.93. The summed E-state index contributed by atoms with van der Waals surface area (Å²) in [5, 5.41) is 13.9. The fraction of sp³-hybridized carbons (Fsp3) is 0.250. The van der Waals surface area contributed by atoms with Crippen LogP contribution in [-0.4, -0.2) is 48.9 Å². The number of urea groups is 1. The molecule has 0 unspecified atom stereocenters. The number of hydrogen-bond donors (Lipinski definition) is 1. The molecular weight excluding hydrogens is 504 g/mol. The first-order valence-corrected chi connectivity index (χ1v) is 12.1. The maximum Gasteiger partial charge on any atom is 0.331 e. The van der Waals surface area contributed by atoms with E-state index >= 15 is 0 Å². The van der Waals surface area contributed by atoms with Gasteiger partial charge in [0.05, 0.1) is 31.7 Å². The molecule has 11 heteroatoms. The highest BCUT2D eigenvalue weighted by molar-refractivity contribution is 6.20. The summed E-state index contributed by atoms with van der Waals surface area (Å²) < 4.78 is 10.7. The van der Waals surface area contributed by atoms with Gasteiger partial charge in [0.1, 0.15) is 11.5 Å². The highest BCUT2D eigenvalue weighted by Crippen LogP contribution is 2.51. The molecule has 2 aliphatic rings. The van der Waals surface area contributed by atoms with Crippen molar-refractivity contribution in [3.8, 4) is 11.5 Å². The van der Waals surface area contributed by atoms with Gasteiger partial charge in [-0.3, -0.25) is 29.9 Å². The van der Waals surface area contributed by atoms with Gasteiger partial charge in [0.25, 0.3) is 5.69 Å². The monoisotopic (exact) mass is 530 g/mol. The lowest BCUT2D eigenvalue weighted by Gasteiger charge is -2.51. The molecule has 1 saturated heterocycles. The topological polar surface area (TPSA) is 131 Å². The SMILES string of the molecule is COc1cc(CN2C(=O)NC(=O)[C@@]3(Cc4cc([N+](=O)[O-])ccc4N(C)[C@@H]3c3ccccc3)C2=O)cc(OC)c1. The normalized spacial score (nSPS) is 20.5. The van der Waals surface area contributed by atoms with Gasteiger partial charge in [0.2, 0.25) is 11.8 Å². The first kappa shape index (κ1) is 25.7. The molecule has 2 aliphatic heterocycles. The summed E-state index contributed by atoms with van der Waals surface area (Å²) in [6, 6.07) is 16.8. The van der Waals surface area contributed by atoms with Gasteiger partial charge in [0.15, 0.2) is 5.41 Å². The number of amides is 4. The van der Waals surface area contributed by atoms with Crippen LogP contribution in [0.1, 0.15) is 22.7 Å². The largest absolute Gasteiger partial charge is 0.497 e. The summed E-state index contributed by atoms with van der Waals surface area (Å²) in [7, 11) is 4.71. The Bertz CT molecular complexity index is 1470. The van der Waals surface area contributed by atoms with Gasteiger partial charge >= 0.3 is 6.03 Å². The Morgan fingerprint density at radius 1 is 1.00 bits per heavy atom. The number of benzene rings is 3. The molecule has 3 aromatic rings. The molecular formula is C28H26N4O7. The second-order valence-corrected chi connectivity index (χ2v) is 9.51. The lowest BCUT2D eigenvalue weighted by atomic mass is 9.66. The number of anilines is 1. The van der Waals surface area contributed by atoms with Gasteiger partial charge in [-0.1, -0.05) is 30.3 Å². The van der Waals surface area contributed by atoms with Crippen molar-refractivity contribution < 1.29 is 28.8 Å². The van der Waals surface area contributed by atoms with E-state index in [1.165, 1.54) is 26.4 Å². The first-order valence-electron chi connectivity index (χ1n) is 12.1. The predicted octanol–water partition coefficient (Wildman–Crippen LogP) is 3.61. The number of hydrogen-bond acceptors (Lipinski definition) is 8. The van der Waals surface area contributed by atoms with Gasteiger partial charge < -0.3 is 14.4 Å². The Balaban J connectivity index is 1.66. The molecule has 4 amide bonds. The standard InChI is InChI=1S/C28H26N4O7/c1-30-23-10-9-20(32(36)37)13-19(23)15-28(24(30)18-7-5-4-6-8-18)25(33)29-27(35)31(26(28)34)16-17-11-21(38-2)14-22(12-17)39-3/h4-14,24H,15-16H2,1-3H3,(H,29,33,35)/t24-,28+/m1/s1. The summed E-state index contributed by atoms with van der Waals surface area (Å²) in [6.07, 6.45) is -0.135. The van der Waals surface area contributed by atoms with Crippen molar-refractivity contribution in [2.24, 2.45) is 5.41 Å². The molecule has 1 spiro atoms. The summed E-state index contributed by atoms with van der Waals surface area (Å²) >= 11 is 0. The quantitative estimate of drug-likeness (QED) is 0.291. The lowest BCUT2D eigenvalue weighted by Crippen LogP contribution is -2.68. The Kier molecular flexibility index (Phi) is 6.43. The molecule has 0 saturated carbocycles. The van der Waals surface area contributed by atoms with Crippen LogP contribution in [0.2, 0.25) is 0 Å². The van der Waals surface area contributed by atoms with E-state index in [0.29, 0.717) is 33.9 Å². The first-order chi connectivity index (χ1) is 18.7. The van der Waals surface area contributed by atoms with Crippen LogP contribution in [0.25, 0.3) is 0 Å². The van der Waals surface area contributed by atoms with Crippen molar-refractivity contribution in [3.63, 3.8) is 0 Å². The Morgan fingerprint density at radius 3 is 2.28 bits per heavy atom. The molecule has 1 N–H and O–H groups in total. The van der Waals surface area contributed by atoms with Crippen LogP contribution in [0.4, 0.5) is 16.2 Å². The zero-order valence-corrected chi connectivity index (χ0v) is 21.5. The van der Waals surface area contributed by atoms with Gasteiger partial charge in [-0.05, 0) is 34.9 Å².